The molecule has 0 amide bonds. The molecule has 1 atom stereocenters. The first-order valence-corrected chi connectivity index (χ1v) is 10.6. The Hall–Kier alpha value is -3.08. The van der Waals surface area contributed by atoms with Gasteiger partial charge in [-0.1, -0.05) is 85.6 Å². The van der Waals surface area contributed by atoms with Crippen LogP contribution in [0.5, 0.6) is 0 Å². The maximum atomic E-state index is 13.1. The van der Waals surface area contributed by atoms with Gasteiger partial charge in [-0.2, -0.15) is 13.2 Å². The normalized spacial score (nSPS) is 18.5. The summed E-state index contributed by atoms with van der Waals surface area (Å²) in [6, 6.07) is 21.7. The van der Waals surface area contributed by atoms with Gasteiger partial charge in [-0.25, -0.2) is 0 Å². The summed E-state index contributed by atoms with van der Waals surface area (Å²) in [5, 5.41) is 4.50. The van der Waals surface area contributed by atoms with Gasteiger partial charge in [0.15, 0.2) is 5.60 Å². The third kappa shape index (κ3) is 2.98. The Balaban J connectivity index is 1.63. The zero-order valence-electron chi connectivity index (χ0n) is 17.1. The number of nitrogens with zero attached hydrogens (tertiary/aromatic N) is 1. The molecule has 2 nitrogen and oxygen atoms in total. The molecule has 1 aliphatic heterocycles. The fourth-order valence-electron chi connectivity index (χ4n) is 4.98. The zero-order chi connectivity index (χ0) is 21.6. The van der Waals surface area contributed by atoms with Gasteiger partial charge in [0.05, 0.1) is 17.2 Å². The maximum Gasteiger partial charge on any atom is 0.416 e. The molecular weight excluding hydrogens is 399 g/mol. The highest BCUT2D eigenvalue weighted by molar-refractivity contribution is 6.05. The second kappa shape index (κ2) is 7.26. The highest BCUT2D eigenvalue weighted by Gasteiger charge is 2.56. The van der Waals surface area contributed by atoms with Gasteiger partial charge in [0.25, 0.3) is 0 Å². The molecule has 1 aliphatic carbocycles. The van der Waals surface area contributed by atoms with E-state index in [0.717, 1.165) is 53.6 Å². The lowest BCUT2D eigenvalue weighted by molar-refractivity contribution is -0.137. The number of oxime groups is 1. The molecule has 0 aromatic heterocycles. The van der Waals surface area contributed by atoms with Crippen LogP contribution in [0.15, 0.2) is 78.0 Å². The van der Waals surface area contributed by atoms with Crippen LogP contribution in [0, 0.1) is 5.92 Å². The van der Waals surface area contributed by atoms with Crippen molar-refractivity contribution in [2.75, 3.05) is 0 Å². The van der Waals surface area contributed by atoms with Crippen LogP contribution in [0.2, 0.25) is 0 Å². The van der Waals surface area contributed by atoms with Gasteiger partial charge >= 0.3 is 6.18 Å². The zero-order valence-corrected chi connectivity index (χ0v) is 17.1. The average molecular weight is 421 g/mol. The Morgan fingerprint density at radius 3 is 2.00 bits per heavy atom. The van der Waals surface area contributed by atoms with Crippen LogP contribution in [0.25, 0.3) is 11.1 Å². The van der Waals surface area contributed by atoms with E-state index in [1.165, 1.54) is 12.1 Å². The van der Waals surface area contributed by atoms with E-state index in [2.05, 4.69) is 36.3 Å². The third-order valence-corrected chi connectivity index (χ3v) is 6.41. The quantitative estimate of drug-likeness (QED) is 0.438. The van der Waals surface area contributed by atoms with Crippen molar-refractivity contribution >= 4 is 5.71 Å². The van der Waals surface area contributed by atoms with E-state index in [9.17, 15) is 13.2 Å². The number of benzene rings is 3. The van der Waals surface area contributed by atoms with E-state index in [4.69, 9.17) is 4.84 Å². The lowest BCUT2D eigenvalue weighted by Crippen LogP contribution is -2.36. The van der Waals surface area contributed by atoms with E-state index < -0.39 is 17.3 Å². The molecule has 0 radical (unpaired) electrons. The van der Waals surface area contributed by atoms with Crippen molar-refractivity contribution in [2.45, 2.75) is 38.0 Å². The molecule has 3 aromatic rings. The molecule has 5 heteroatoms. The number of unbranched alkanes of at least 4 members (excludes halogenated alkanes) is 1. The third-order valence-electron chi connectivity index (χ3n) is 6.41. The van der Waals surface area contributed by atoms with Crippen LogP contribution >= 0.6 is 0 Å². The van der Waals surface area contributed by atoms with Crippen molar-refractivity contribution in [3.63, 3.8) is 0 Å². The van der Waals surface area contributed by atoms with Gasteiger partial charge in [-0.3, -0.25) is 0 Å². The maximum absolute atomic E-state index is 13.1. The average Bonchev–Trinajstić information content (AvgIpc) is 3.30. The minimum Gasteiger partial charge on any atom is -0.378 e. The summed E-state index contributed by atoms with van der Waals surface area (Å²) in [5.41, 5.74) is 4.38. The summed E-state index contributed by atoms with van der Waals surface area (Å²) in [6.07, 6.45) is -1.55. The summed E-state index contributed by atoms with van der Waals surface area (Å²) in [7, 11) is 0. The Morgan fingerprint density at radius 2 is 1.45 bits per heavy atom. The standard InChI is InChI=1S/C26H22F3NO/c1-2-3-10-23-24(17-13-15-18(16-14-17)26(27,28)29)30-31-25(23)21-11-6-4-8-19(21)20-9-5-7-12-22(20)25/h4-9,11-16,23H,2-3,10H2,1H3. The fourth-order valence-corrected chi connectivity index (χ4v) is 4.98. The van der Waals surface area contributed by atoms with Crippen LogP contribution in [0.3, 0.4) is 0 Å². The van der Waals surface area contributed by atoms with Gasteiger partial charge in [-0.05, 0) is 35.2 Å². The first kappa shape index (κ1) is 19.9. The van der Waals surface area contributed by atoms with Gasteiger partial charge in [-0.15, -0.1) is 0 Å². The second-order valence-electron chi connectivity index (χ2n) is 8.16. The van der Waals surface area contributed by atoms with Crippen molar-refractivity contribution in [2.24, 2.45) is 11.1 Å². The molecule has 5 rings (SSSR count). The van der Waals surface area contributed by atoms with E-state index in [1.54, 1.807) is 0 Å². The Labute approximate surface area is 179 Å². The monoisotopic (exact) mass is 421 g/mol. The summed E-state index contributed by atoms with van der Waals surface area (Å²) in [5.74, 6) is -0.0889. The number of hydrogen-bond donors (Lipinski definition) is 0. The van der Waals surface area contributed by atoms with Crippen LogP contribution in [-0.2, 0) is 16.6 Å². The molecule has 0 N–H and O–H groups in total. The highest BCUT2D eigenvalue weighted by atomic mass is 19.4. The van der Waals surface area contributed by atoms with Crippen LogP contribution in [-0.4, -0.2) is 5.71 Å². The van der Waals surface area contributed by atoms with E-state index in [0.29, 0.717) is 11.3 Å². The van der Waals surface area contributed by atoms with Gasteiger partial charge < -0.3 is 4.84 Å². The van der Waals surface area contributed by atoms with Crippen molar-refractivity contribution in [3.05, 3.63) is 95.1 Å². The Bertz CT molecular complexity index is 1100. The molecule has 0 saturated heterocycles. The van der Waals surface area contributed by atoms with Crippen LogP contribution in [0.4, 0.5) is 13.2 Å². The van der Waals surface area contributed by atoms with Gasteiger partial charge in [0, 0.05) is 11.1 Å². The molecule has 0 bridgehead atoms. The molecule has 1 heterocycles. The summed E-state index contributed by atoms with van der Waals surface area (Å²) < 4.78 is 39.2. The predicted molar refractivity (Wildman–Crippen MR) is 115 cm³/mol. The number of rotatable bonds is 4. The first-order chi connectivity index (χ1) is 15.0. The highest BCUT2D eigenvalue weighted by Crippen LogP contribution is 2.57. The molecule has 1 unspecified atom stereocenters. The SMILES string of the molecule is CCCCC1C(c2ccc(C(F)(F)F)cc2)=NOC12c1ccccc1-c1ccccc12. The molecule has 31 heavy (non-hydrogen) atoms. The Morgan fingerprint density at radius 1 is 0.871 bits per heavy atom. The van der Waals surface area contributed by atoms with E-state index in [-0.39, 0.29) is 5.92 Å². The lowest BCUT2D eigenvalue weighted by Gasteiger charge is -2.31. The van der Waals surface area contributed by atoms with Crippen molar-refractivity contribution in [1.82, 2.24) is 0 Å². The molecule has 3 aromatic carbocycles. The predicted octanol–water partition coefficient (Wildman–Crippen LogP) is 7.17. The molecule has 1 spiro atoms. The molecule has 0 fully saturated rings. The topological polar surface area (TPSA) is 21.6 Å². The summed E-state index contributed by atoms with van der Waals surface area (Å²) in [6.45, 7) is 2.13. The smallest absolute Gasteiger partial charge is 0.378 e. The van der Waals surface area contributed by atoms with E-state index >= 15 is 0 Å². The summed E-state index contributed by atoms with van der Waals surface area (Å²) in [4.78, 5) is 6.29. The van der Waals surface area contributed by atoms with Gasteiger partial charge in [0.2, 0.25) is 0 Å². The largest absolute Gasteiger partial charge is 0.416 e. The number of halogens is 3. The van der Waals surface area contributed by atoms with Crippen molar-refractivity contribution in [1.29, 1.82) is 0 Å². The van der Waals surface area contributed by atoms with Crippen molar-refractivity contribution in [3.8, 4) is 11.1 Å². The minimum atomic E-state index is -4.36. The minimum absolute atomic E-state index is 0.0889. The van der Waals surface area contributed by atoms with E-state index in [1.807, 2.05) is 24.3 Å². The lowest BCUT2D eigenvalue weighted by atomic mass is 9.73. The number of hydrogen-bond acceptors (Lipinski definition) is 2. The fraction of sp³-hybridized carbons (Fsp3) is 0.269. The number of fused-ring (bicyclic) bond motifs is 5. The summed E-state index contributed by atoms with van der Waals surface area (Å²) >= 11 is 0. The molecular formula is C26H22F3NO. The second-order valence-corrected chi connectivity index (χ2v) is 8.16. The van der Waals surface area contributed by atoms with Crippen molar-refractivity contribution < 1.29 is 18.0 Å². The van der Waals surface area contributed by atoms with Crippen LogP contribution < -0.4 is 0 Å². The van der Waals surface area contributed by atoms with Crippen LogP contribution in [0.1, 0.15) is 48.4 Å². The first-order valence-electron chi connectivity index (χ1n) is 10.6. The molecule has 0 saturated carbocycles. The Kier molecular flexibility index (Phi) is 4.65. The number of alkyl halides is 3. The molecule has 158 valence electrons. The van der Waals surface area contributed by atoms with Gasteiger partial charge in [0.1, 0.15) is 0 Å². The molecule has 2 aliphatic rings.